The summed E-state index contributed by atoms with van der Waals surface area (Å²) in [6.45, 7) is 4.54. The van der Waals surface area contributed by atoms with Crippen molar-refractivity contribution in [1.82, 2.24) is 10.6 Å². The third-order valence-corrected chi connectivity index (χ3v) is 3.14. The van der Waals surface area contributed by atoms with Crippen LogP contribution in [0.15, 0.2) is 0 Å². The Bertz CT molecular complexity index is 231. The molecule has 0 saturated heterocycles. The van der Waals surface area contributed by atoms with Crippen LogP contribution in [0.2, 0.25) is 0 Å². The van der Waals surface area contributed by atoms with Gasteiger partial charge in [0.15, 0.2) is 0 Å². The third-order valence-electron chi connectivity index (χ3n) is 1.90. The fourth-order valence-corrected chi connectivity index (χ4v) is 0.914. The highest BCUT2D eigenvalue weighted by molar-refractivity contribution is 7.99. The van der Waals surface area contributed by atoms with Crippen LogP contribution in [0.4, 0.5) is 0 Å². The second-order valence-corrected chi connectivity index (χ2v) is 5.23. The molecule has 0 atom stereocenters. The molecule has 5 nitrogen and oxygen atoms in total. The maximum absolute atomic E-state index is 11.3. The first-order chi connectivity index (χ1) is 6.91. The summed E-state index contributed by atoms with van der Waals surface area (Å²) >= 11 is 1.68. The fourth-order valence-electron chi connectivity index (χ4n) is 0.697. The monoisotopic (exact) mass is 233 g/mol. The predicted octanol–water partition coefficient (Wildman–Crippen LogP) is -0.681. The van der Waals surface area contributed by atoms with E-state index >= 15 is 0 Å². The van der Waals surface area contributed by atoms with Gasteiger partial charge in [0, 0.05) is 11.3 Å². The maximum atomic E-state index is 11.3. The Hall–Kier alpha value is -0.750. The van der Waals surface area contributed by atoms with E-state index in [0.717, 1.165) is 0 Å². The van der Waals surface area contributed by atoms with Gasteiger partial charge in [0.2, 0.25) is 11.8 Å². The minimum atomic E-state index is -0.325. The van der Waals surface area contributed by atoms with Gasteiger partial charge in [-0.3, -0.25) is 9.59 Å². The number of carbonyl (C=O) groups is 2. The first-order valence-corrected chi connectivity index (χ1v) is 5.92. The molecular weight excluding hydrogens is 214 g/mol. The lowest BCUT2D eigenvalue weighted by Gasteiger charge is -2.22. The standard InChI is InChI=1S/C9H19N3O2S/c1-9(2,15-3)6-12-8(14)5-11-7(13)4-10/h4-6,10H2,1-3H3,(H,11,13)(H,12,14). The molecule has 88 valence electrons. The van der Waals surface area contributed by atoms with Crippen molar-refractivity contribution in [3.63, 3.8) is 0 Å². The molecule has 15 heavy (non-hydrogen) atoms. The smallest absolute Gasteiger partial charge is 0.239 e. The van der Waals surface area contributed by atoms with Gasteiger partial charge in [0.25, 0.3) is 0 Å². The van der Waals surface area contributed by atoms with Crippen molar-refractivity contribution in [2.24, 2.45) is 5.73 Å². The van der Waals surface area contributed by atoms with E-state index in [9.17, 15) is 9.59 Å². The van der Waals surface area contributed by atoms with E-state index in [1.165, 1.54) is 0 Å². The van der Waals surface area contributed by atoms with Gasteiger partial charge in [0.1, 0.15) is 0 Å². The van der Waals surface area contributed by atoms with Gasteiger partial charge in [-0.25, -0.2) is 0 Å². The maximum Gasteiger partial charge on any atom is 0.239 e. The van der Waals surface area contributed by atoms with Crippen LogP contribution < -0.4 is 16.4 Å². The molecule has 0 bridgehead atoms. The SMILES string of the molecule is CSC(C)(C)CNC(=O)CNC(=O)CN. The molecule has 0 saturated carbocycles. The first kappa shape index (κ1) is 14.2. The number of rotatable bonds is 6. The molecule has 0 rings (SSSR count). The molecule has 0 aliphatic carbocycles. The minimum absolute atomic E-state index is 0.00748. The van der Waals surface area contributed by atoms with Gasteiger partial charge < -0.3 is 16.4 Å². The number of hydrogen-bond donors (Lipinski definition) is 3. The molecule has 0 aromatic heterocycles. The summed E-state index contributed by atoms with van der Waals surface area (Å²) in [5.41, 5.74) is 5.08. The largest absolute Gasteiger partial charge is 0.353 e. The molecular formula is C9H19N3O2S. The number of nitrogens with one attached hydrogen (secondary N) is 2. The summed E-state index contributed by atoms with van der Waals surface area (Å²) in [6, 6.07) is 0. The molecule has 0 aliphatic rings. The van der Waals surface area contributed by atoms with E-state index in [-0.39, 0.29) is 29.7 Å². The summed E-state index contributed by atoms with van der Waals surface area (Å²) in [7, 11) is 0. The Kier molecular flexibility index (Phi) is 6.35. The number of thioether (sulfide) groups is 1. The van der Waals surface area contributed by atoms with E-state index < -0.39 is 0 Å². The molecule has 0 aliphatic heterocycles. The first-order valence-electron chi connectivity index (χ1n) is 4.70. The molecule has 0 fully saturated rings. The zero-order valence-electron chi connectivity index (χ0n) is 9.42. The zero-order valence-corrected chi connectivity index (χ0v) is 10.2. The van der Waals surface area contributed by atoms with Crippen molar-refractivity contribution in [2.45, 2.75) is 18.6 Å². The van der Waals surface area contributed by atoms with Crippen LogP contribution in [0, 0.1) is 0 Å². The van der Waals surface area contributed by atoms with Crippen LogP contribution in [-0.4, -0.2) is 42.5 Å². The Labute approximate surface area is 94.5 Å². The fraction of sp³-hybridized carbons (Fsp3) is 0.778. The minimum Gasteiger partial charge on any atom is -0.353 e. The van der Waals surface area contributed by atoms with Crippen molar-refractivity contribution in [2.75, 3.05) is 25.9 Å². The topological polar surface area (TPSA) is 84.2 Å². The van der Waals surface area contributed by atoms with Crippen molar-refractivity contribution in [3.8, 4) is 0 Å². The van der Waals surface area contributed by atoms with Gasteiger partial charge in [-0.2, -0.15) is 11.8 Å². The Morgan fingerprint density at radius 2 is 1.87 bits per heavy atom. The van der Waals surface area contributed by atoms with Gasteiger partial charge in [-0.05, 0) is 20.1 Å². The van der Waals surface area contributed by atoms with Crippen LogP contribution in [0.25, 0.3) is 0 Å². The lowest BCUT2D eigenvalue weighted by Crippen LogP contribution is -2.43. The Morgan fingerprint density at radius 1 is 1.27 bits per heavy atom. The molecule has 0 aromatic carbocycles. The van der Waals surface area contributed by atoms with Gasteiger partial charge in [0.05, 0.1) is 13.1 Å². The van der Waals surface area contributed by atoms with Gasteiger partial charge >= 0.3 is 0 Å². The van der Waals surface area contributed by atoms with Crippen LogP contribution in [0.3, 0.4) is 0 Å². The molecule has 4 N–H and O–H groups in total. The number of hydrogen-bond acceptors (Lipinski definition) is 4. The molecule has 0 aromatic rings. The highest BCUT2D eigenvalue weighted by Crippen LogP contribution is 2.19. The average Bonchev–Trinajstić information content (AvgIpc) is 2.23. The zero-order chi connectivity index (χ0) is 11.9. The van der Waals surface area contributed by atoms with Crippen LogP contribution in [-0.2, 0) is 9.59 Å². The lowest BCUT2D eigenvalue weighted by molar-refractivity contribution is -0.125. The summed E-state index contributed by atoms with van der Waals surface area (Å²) in [5.74, 6) is -0.520. The molecule has 0 spiro atoms. The highest BCUT2D eigenvalue weighted by atomic mass is 32.2. The predicted molar refractivity (Wildman–Crippen MR) is 62.7 cm³/mol. The molecule has 2 amide bonds. The molecule has 0 heterocycles. The highest BCUT2D eigenvalue weighted by Gasteiger charge is 2.16. The quantitative estimate of drug-likeness (QED) is 0.567. The molecule has 6 heteroatoms. The number of carbonyl (C=O) groups excluding carboxylic acids is 2. The third kappa shape index (κ3) is 7.21. The summed E-state index contributed by atoms with van der Waals surface area (Å²) in [4.78, 5) is 22.0. The lowest BCUT2D eigenvalue weighted by atomic mass is 10.2. The second kappa shape index (κ2) is 6.68. The Morgan fingerprint density at radius 3 is 2.33 bits per heavy atom. The van der Waals surface area contributed by atoms with Crippen molar-refractivity contribution in [1.29, 1.82) is 0 Å². The van der Waals surface area contributed by atoms with Gasteiger partial charge in [-0.1, -0.05) is 0 Å². The second-order valence-electron chi connectivity index (χ2n) is 3.72. The normalized spacial score (nSPS) is 10.9. The van der Waals surface area contributed by atoms with E-state index in [0.29, 0.717) is 6.54 Å². The molecule has 0 unspecified atom stereocenters. The van der Waals surface area contributed by atoms with Crippen molar-refractivity contribution < 1.29 is 9.59 Å². The summed E-state index contributed by atoms with van der Waals surface area (Å²) < 4.78 is 0.00748. The van der Waals surface area contributed by atoms with E-state index in [1.54, 1.807) is 11.8 Å². The van der Waals surface area contributed by atoms with Crippen LogP contribution in [0.5, 0.6) is 0 Å². The van der Waals surface area contributed by atoms with Gasteiger partial charge in [-0.15, -0.1) is 0 Å². The van der Waals surface area contributed by atoms with Crippen LogP contribution >= 0.6 is 11.8 Å². The number of nitrogens with two attached hydrogens (primary N) is 1. The summed E-state index contributed by atoms with van der Waals surface area (Å²) in [5, 5.41) is 5.14. The van der Waals surface area contributed by atoms with E-state index in [1.807, 2.05) is 20.1 Å². The van der Waals surface area contributed by atoms with E-state index in [4.69, 9.17) is 5.73 Å². The summed E-state index contributed by atoms with van der Waals surface area (Å²) in [6.07, 6.45) is 1.99. The van der Waals surface area contributed by atoms with E-state index in [2.05, 4.69) is 10.6 Å². The Balaban J connectivity index is 3.71. The number of amides is 2. The average molecular weight is 233 g/mol. The van der Waals surface area contributed by atoms with Crippen LogP contribution in [0.1, 0.15) is 13.8 Å². The molecule has 0 radical (unpaired) electrons. The van der Waals surface area contributed by atoms with Crippen molar-refractivity contribution in [3.05, 3.63) is 0 Å². The van der Waals surface area contributed by atoms with Crippen molar-refractivity contribution >= 4 is 23.6 Å².